The van der Waals surface area contributed by atoms with E-state index in [4.69, 9.17) is 0 Å². The van der Waals surface area contributed by atoms with Crippen LogP contribution in [0, 0.1) is 62.3 Å². The van der Waals surface area contributed by atoms with E-state index in [1.165, 1.54) is 61.2 Å². The van der Waals surface area contributed by atoms with Crippen LogP contribution in [0.5, 0.6) is 0 Å². The van der Waals surface area contributed by atoms with Gasteiger partial charge in [-0.3, -0.25) is 0 Å². The van der Waals surface area contributed by atoms with Crippen molar-refractivity contribution in [3.05, 3.63) is 165 Å². The van der Waals surface area contributed by atoms with Crippen LogP contribution in [0.3, 0.4) is 0 Å². The molecule has 0 saturated heterocycles. The van der Waals surface area contributed by atoms with E-state index >= 15 is 0 Å². The fourth-order valence-electron chi connectivity index (χ4n) is 3.80. The van der Waals surface area contributed by atoms with E-state index in [-0.39, 0.29) is 7.43 Å². The average molecular weight is 572 g/mol. The van der Waals surface area contributed by atoms with Gasteiger partial charge in [0.25, 0.3) is 0 Å². The Morgan fingerprint density at radius 1 is 0.326 bits per heavy atom. The molecule has 0 aliphatic rings. The van der Waals surface area contributed by atoms with Crippen LogP contribution in [-0.2, 0) is 0 Å². The van der Waals surface area contributed by atoms with E-state index in [1.54, 1.807) is 0 Å². The first-order chi connectivity index (χ1) is 20.0. The second kappa shape index (κ2) is 21.8. The first-order valence-corrected chi connectivity index (χ1v) is 14.9. The van der Waals surface area contributed by atoms with Crippen molar-refractivity contribution in [2.24, 2.45) is 0 Å². The van der Waals surface area contributed by atoms with Crippen molar-refractivity contribution in [3.8, 4) is 11.1 Å². The summed E-state index contributed by atoms with van der Waals surface area (Å²) in [4.78, 5) is 0. The van der Waals surface area contributed by atoms with Gasteiger partial charge in [-0.1, -0.05) is 153 Å². The molecular weight excluding hydrogens is 515 g/mol. The Kier molecular flexibility index (Phi) is 19.9. The van der Waals surface area contributed by atoms with Crippen molar-refractivity contribution in [1.29, 1.82) is 0 Å². The minimum atomic E-state index is 0. The monoisotopic (exact) mass is 571 g/mol. The Morgan fingerprint density at radius 3 is 0.860 bits per heavy atom. The van der Waals surface area contributed by atoms with Crippen molar-refractivity contribution in [2.45, 2.75) is 83.4 Å². The third kappa shape index (κ3) is 16.4. The first-order valence-electron chi connectivity index (χ1n) is 14.9. The number of hydrogen-bond donors (Lipinski definition) is 0. The molecule has 5 aromatic carbocycles. The van der Waals surface area contributed by atoms with Gasteiger partial charge in [-0.05, 0) is 107 Å². The lowest BCUT2D eigenvalue weighted by Crippen LogP contribution is -1.86. The molecule has 0 aliphatic heterocycles. The van der Waals surface area contributed by atoms with Crippen LogP contribution in [0.2, 0.25) is 13.6 Å². The Balaban J connectivity index is 0.000000560. The van der Waals surface area contributed by atoms with E-state index in [1.807, 2.05) is 57.3 Å². The second-order valence-electron chi connectivity index (χ2n) is 11.1. The van der Waals surface area contributed by atoms with Crippen LogP contribution >= 0.6 is 0 Å². The average Bonchev–Trinajstić information content (AvgIpc) is 2.96. The minimum Gasteiger partial charge on any atom is -0.0922 e. The lowest BCUT2D eigenvalue weighted by atomic mass is 9.88. The van der Waals surface area contributed by atoms with Gasteiger partial charge >= 0.3 is 0 Å². The maximum atomic E-state index is 2.26. The molecule has 0 N–H and O–H groups in total. The standard InChI is InChI=1S/C16H18.C9H12.2C7H8.C2H6B.CH4/c1-11-5-7-15(9-13(11)3)16-8-6-12(2)14(4)10-16;1-7-4-5-8(2)9(3)6-7;2*1-7-5-3-2-4-6-7;1-3-2;/h5-10H,1-4H3;4-6H,1-3H3;2*2-6H,1H3;1-2H3;1H4. The molecule has 0 spiro atoms. The summed E-state index contributed by atoms with van der Waals surface area (Å²) in [5.41, 5.74) is 14.8. The molecule has 0 saturated carbocycles. The third-order valence-electron chi connectivity index (χ3n) is 6.89. The number of benzene rings is 5. The van der Waals surface area contributed by atoms with Gasteiger partial charge in [0, 0.05) is 0 Å². The van der Waals surface area contributed by atoms with Gasteiger partial charge in [0.2, 0.25) is 0 Å². The minimum absolute atomic E-state index is 0. The molecule has 1 heteroatoms. The normalized spacial score (nSPS) is 9.09. The van der Waals surface area contributed by atoms with Gasteiger partial charge in [0.15, 0.2) is 0 Å². The number of aryl methyl sites for hydroxylation is 9. The largest absolute Gasteiger partial charge is 0.102 e. The fraction of sp³-hybridized carbons (Fsp3) is 0.286. The molecule has 0 fully saturated rings. The van der Waals surface area contributed by atoms with Crippen LogP contribution in [0.1, 0.15) is 57.5 Å². The highest BCUT2D eigenvalue weighted by molar-refractivity contribution is 6.31. The van der Waals surface area contributed by atoms with Crippen LogP contribution < -0.4 is 0 Å². The van der Waals surface area contributed by atoms with Gasteiger partial charge in [-0.25, -0.2) is 0 Å². The molecule has 0 amide bonds. The highest BCUT2D eigenvalue weighted by Gasteiger charge is 2.01. The first kappa shape index (κ1) is 39.2. The van der Waals surface area contributed by atoms with Gasteiger partial charge in [0.1, 0.15) is 7.28 Å². The van der Waals surface area contributed by atoms with E-state index in [0.29, 0.717) is 0 Å². The third-order valence-corrected chi connectivity index (χ3v) is 6.89. The molecule has 5 aromatic rings. The van der Waals surface area contributed by atoms with Crippen LogP contribution in [0.15, 0.2) is 115 Å². The maximum absolute atomic E-state index is 2.26. The molecule has 5 rings (SSSR count). The molecular formula is C42H56B. The smallest absolute Gasteiger partial charge is 0.0922 e. The van der Waals surface area contributed by atoms with Crippen molar-refractivity contribution in [1.82, 2.24) is 0 Å². The van der Waals surface area contributed by atoms with Gasteiger partial charge in [0.05, 0.1) is 0 Å². The van der Waals surface area contributed by atoms with Crippen LogP contribution in [0.25, 0.3) is 11.1 Å². The molecule has 1 radical (unpaired) electrons. The topological polar surface area (TPSA) is 0 Å². The molecule has 0 bridgehead atoms. The van der Waals surface area contributed by atoms with Crippen molar-refractivity contribution >= 4 is 7.28 Å². The summed E-state index contributed by atoms with van der Waals surface area (Å²) in [6.45, 7) is 23.2. The SMILES string of the molecule is C.C[B]C.Cc1ccc(-c2ccc(C)c(C)c2)cc1C.Cc1ccc(C)c(C)c1.Cc1ccccc1.Cc1ccccc1. The molecule has 0 aromatic heterocycles. The summed E-state index contributed by atoms with van der Waals surface area (Å²) < 4.78 is 0. The molecule has 227 valence electrons. The lowest BCUT2D eigenvalue weighted by Gasteiger charge is -2.08. The predicted molar refractivity (Wildman–Crippen MR) is 198 cm³/mol. The number of rotatable bonds is 1. The van der Waals surface area contributed by atoms with Gasteiger partial charge < -0.3 is 0 Å². The summed E-state index contributed by atoms with van der Waals surface area (Å²) in [7, 11) is 2.00. The predicted octanol–water partition coefficient (Wildman–Crippen LogP) is 12.6. The summed E-state index contributed by atoms with van der Waals surface area (Å²) in [5.74, 6) is 0. The van der Waals surface area contributed by atoms with Gasteiger partial charge in [-0.2, -0.15) is 0 Å². The molecule has 0 aliphatic carbocycles. The molecule has 0 nitrogen and oxygen atoms in total. The number of hydrogen-bond acceptors (Lipinski definition) is 0. The van der Waals surface area contributed by atoms with Crippen molar-refractivity contribution in [2.75, 3.05) is 0 Å². The quantitative estimate of drug-likeness (QED) is 0.176. The van der Waals surface area contributed by atoms with Crippen LogP contribution in [-0.4, -0.2) is 7.28 Å². The van der Waals surface area contributed by atoms with E-state index in [2.05, 4.69) is 141 Å². The fourth-order valence-corrected chi connectivity index (χ4v) is 3.80. The van der Waals surface area contributed by atoms with Crippen molar-refractivity contribution in [3.63, 3.8) is 0 Å². The lowest BCUT2D eigenvalue weighted by molar-refractivity contribution is 1.30. The Morgan fingerprint density at radius 2 is 0.628 bits per heavy atom. The van der Waals surface area contributed by atoms with E-state index in [0.717, 1.165) is 0 Å². The Hall–Kier alpha value is -3.84. The summed E-state index contributed by atoms with van der Waals surface area (Å²) in [6, 6.07) is 40.3. The molecule has 0 heterocycles. The van der Waals surface area contributed by atoms with E-state index < -0.39 is 0 Å². The zero-order chi connectivity index (χ0) is 31.5. The summed E-state index contributed by atoms with van der Waals surface area (Å²) in [5, 5.41) is 0. The highest BCUT2D eigenvalue weighted by atomic mass is 14.1. The zero-order valence-corrected chi connectivity index (χ0v) is 28.0. The summed E-state index contributed by atoms with van der Waals surface area (Å²) in [6.07, 6.45) is 0. The van der Waals surface area contributed by atoms with Crippen molar-refractivity contribution < 1.29 is 0 Å². The van der Waals surface area contributed by atoms with E-state index in [9.17, 15) is 0 Å². The highest BCUT2D eigenvalue weighted by Crippen LogP contribution is 2.24. The maximum Gasteiger partial charge on any atom is 0.102 e. The Labute approximate surface area is 266 Å². The molecule has 43 heavy (non-hydrogen) atoms. The molecule has 0 atom stereocenters. The zero-order valence-electron chi connectivity index (χ0n) is 28.0. The van der Waals surface area contributed by atoms with Gasteiger partial charge in [-0.15, -0.1) is 0 Å². The molecule has 0 unspecified atom stereocenters. The summed E-state index contributed by atoms with van der Waals surface area (Å²) >= 11 is 0. The van der Waals surface area contributed by atoms with Crippen LogP contribution in [0.4, 0.5) is 0 Å². The second-order valence-corrected chi connectivity index (χ2v) is 11.1. The Bertz CT molecular complexity index is 1350.